The van der Waals surface area contributed by atoms with E-state index in [0.717, 1.165) is 19.4 Å². The maximum Gasteiger partial charge on any atom is 0.268 e. The van der Waals surface area contributed by atoms with Crippen LogP contribution in [0.15, 0.2) is 24.3 Å². The van der Waals surface area contributed by atoms with Crippen LogP contribution in [-0.4, -0.2) is 42.5 Å². The molecule has 7 nitrogen and oxygen atoms in total. The fourth-order valence-electron chi connectivity index (χ4n) is 2.55. The first-order chi connectivity index (χ1) is 10.1. The minimum Gasteiger partial charge on any atom is -0.491 e. The quantitative estimate of drug-likeness (QED) is 0.376. The van der Waals surface area contributed by atoms with Crippen LogP contribution in [0.3, 0.4) is 0 Å². The average Bonchev–Trinajstić information content (AvgIpc) is 2.95. The smallest absolute Gasteiger partial charge is 0.268 e. The summed E-state index contributed by atoms with van der Waals surface area (Å²) in [5.41, 5.74) is 7.83. The SMILES string of the molecule is NNC(=O)c1ccccc1OCCN1CCCC1C(N)=O. The normalized spacial score (nSPS) is 18.4. The van der Waals surface area contributed by atoms with Crippen LogP contribution in [0.4, 0.5) is 0 Å². The molecule has 1 aliphatic rings. The summed E-state index contributed by atoms with van der Waals surface area (Å²) in [4.78, 5) is 24.9. The second-order valence-electron chi connectivity index (χ2n) is 4.91. The number of likely N-dealkylation sites (tertiary alicyclic amines) is 1. The van der Waals surface area contributed by atoms with Gasteiger partial charge in [0.2, 0.25) is 5.91 Å². The second kappa shape index (κ2) is 7.05. The summed E-state index contributed by atoms with van der Waals surface area (Å²) in [6, 6.07) is 6.65. The van der Waals surface area contributed by atoms with Crippen molar-refractivity contribution < 1.29 is 14.3 Å². The molecule has 21 heavy (non-hydrogen) atoms. The lowest BCUT2D eigenvalue weighted by atomic mass is 10.2. The van der Waals surface area contributed by atoms with Gasteiger partial charge in [0.1, 0.15) is 12.4 Å². The van der Waals surface area contributed by atoms with Crippen molar-refractivity contribution in [2.45, 2.75) is 18.9 Å². The van der Waals surface area contributed by atoms with Crippen LogP contribution in [0.5, 0.6) is 5.75 Å². The van der Waals surface area contributed by atoms with Gasteiger partial charge in [0.05, 0.1) is 11.6 Å². The van der Waals surface area contributed by atoms with Crippen molar-refractivity contribution in [3.05, 3.63) is 29.8 Å². The largest absolute Gasteiger partial charge is 0.491 e. The Hall–Kier alpha value is -2.12. The zero-order valence-electron chi connectivity index (χ0n) is 11.7. The monoisotopic (exact) mass is 292 g/mol. The van der Waals surface area contributed by atoms with E-state index < -0.39 is 5.91 Å². The number of amides is 2. The third-order valence-corrected chi connectivity index (χ3v) is 3.59. The van der Waals surface area contributed by atoms with Crippen LogP contribution >= 0.6 is 0 Å². The highest BCUT2D eigenvalue weighted by Gasteiger charge is 2.28. The molecule has 5 N–H and O–H groups in total. The minimum atomic E-state index is -0.401. The van der Waals surface area contributed by atoms with Crippen molar-refractivity contribution in [2.75, 3.05) is 19.7 Å². The van der Waals surface area contributed by atoms with Crippen LogP contribution in [0, 0.1) is 0 Å². The molecule has 0 bridgehead atoms. The van der Waals surface area contributed by atoms with E-state index in [4.69, 9.17) is 16.3 Å². The number of carbonyl (C=O) groups excluding carboxylic acids is 2. The number of benzene rings is 1. The Kier molecular flexibility index (Phi) is 5.13. The molecule has 2 amide bonds. The Morgan fingerprint density at radius 3 is 2.86 bits per heavy atom. The number of nitrogens with one attached hydrogen (secondary N) is 1. The molecule has 1 heterocycles. The van der Waals surface area contributed by atoms with E-state index >= 15 is 0 Å². The van der Waals surface area contributed by atoms with Crippen molar-refractivity contribution in [2.24, 2.45) is 11.6 Å². The van der Waals surface area contributed by atoms with Gasteiger partial charge < -0.3 is 10.5 Å². The zero-order chi connectivity index (χ0) is 15.2. The predicted molar refractivity (Wildman–Crippen MR) is 77.4 cm³/mol. The molecule has 1 aliphatic heterocycles. The molecule has 0 spiro atoms. The average molecular weight is 292 g/mol. The van der Waals surface area contributed by atoms with Gasteiger partial charge in [-0.3, -0.25) is 19.9 Å². The number of primary amides is 1. The van der Waals surface area contributed by atoms with Gasteiger partial charge in [-0.25, -0.2) is 5.84 Å². The molecule has 1 saturated heterocycles. The molecule has 1 unspecified atom stereocenters. The fourth-order valence-corrected chi connectivity index (χ4v) is 2.55. The maximum absolute atomic E-state index is 11.6. The van der Waals surface area contributed by atoms with Crippen molar-refractivity contribution in [3.63, 3.8) is 0 Å². The number of nitrogen functional groups attached to an aromatic ring is 1. The third kappa shape index (κ3) is 3.71. The summed E-state index contributed by atoms with van der Waals surface area (Å²) in [6.07, 6.45) is 1.75. The van der Waals surface area contributed by atoms with Gasteiger partial charge >= 0.3 is 0 Å². The van der Waals surface area contributed by atoms with Crippen LogP contribution < -0.4 is 21.7 Å². The number of hydrogen-bond acceptors (Lipinski definition) is 5. The molecule has 1 aromatic carbocycles. The van der Waals surface area contributed by atoms with E-state index in [-0.39, 0.29) is 11.9 Å². The Bertz CT molecular complexity index is 521. The van der Waals surface area contributed by atoms with E-state index in [2.05, 4.69) is 5.43 Å². The summed E-state index contributed by atoms with van der Waals surface area (Å²) >= 11 is 0. The summed E-state index contributed by atoms with van der Waals surface area (Å²) in [6.45, 7) is 1.80. The minimum absolute atomic E-state index is 0.212. The highest BCUT2D eigenvalue weighted by atomic mass is 16.5. The summed E-state index contributed by atoms with van der Waals surface area (Å²) < 4.78 is 5.64. The Morgan fingerprint density at radius 2 is 2.14 bits per heavy atom. The second-order valence-corrected chi connectivity index (χ2v) is 4.91. The third-order valence-electron chi connectivity index (χ3n) is 3.59. The summed E-state index contributed by atoms with van der Waals surface area (Å²) in [7, 11) is 0. The summed E-state index contributed by atoms with van der Waals surface area (Å²) in [5, 5.41) is 0. The first-order valence-electron chi connectivity index (χ1n) is 6.89. The topological polar surface area (TPSA) is 111 Å². The first kappa shape index (κ1) is 15.3. The number of para-hydroxylation sites is 1. The number of hydrazine groups is 1. The van der Waals surface area contributed by atoms with Gasteiger partial charge in [0.25, 0.3) is 5.91 Å². The molecule has 7 heteroatoms. The van der Waals surface area contributed by atoms with Gasteiger partial charge in [-0.05, 0) is 31.5 Å². The molecule has 1 atom stereocenters. The number of nitrogens with two attached hydrogens (primary N) is 2. The van der Waals surface area contributed by atoms with E-state index in [1.165, 1.54) is 0 Å². The summed E-state index contributed by atoms with van der Waals surface area (Å²) in [5.74, 6) is 4.91. The molecule has 2 rings (SSSR count). The van der Waals surface area contributed by atoms with Gasteiger partial charge in [-0.2, -0.15) is 0 Å². The zero-order valence-corrected chi connectivity index (χ0v) is 11.7. The predicted octanol–water partition coefficient (Wildman–Crippen LogP) is -0.381. The van der Waals surface area contributed by atoms with Gasteiger partial charge in [-0.15, -0.1) is 0 Å². The molecule has 0 radical (unpaired) electrons. The molecule has 114 valence electrons. The van der Waals surface area contributed by atoms with Crippen LogP contribution in [0.2, 0.25) is 0 Å². The molecule has 1 aromatic rings. The molecule has 0 aromatic heterocycles. The highest BCUT2D eigenvalue weighted by molar-refractivity contribution is 5.96. The Labute approximate surface area is 123 Å². The van der Waals surface area contributed by atoms with E-state index in [0.29, 0.717) is 24.5 Å². The van der Waals surface area contributed by atoms with Crippen molar-refractivity contribution >= 4 is 11.8 Å². The van der Waals surface area contributed by atoms with Crippen molar-refractivity contribution in [1.82, 2.24) is 10.3 Å². The molecule has 0 aliphatic carbocycles. The molecular formula is C14H20N4O3. The van der Waals surface area contributed by atoms with E-state index in [1.54, 1.807) is 24.3 Å². The highest BCUT2D eigenvalue weighted by Crippen LogP contribution is 2.19. The number of ether oxygens (including phenoxy) is 1. The number of nitrogens with zero attached hydrogens (tertiary/aromatic N) is 1. The number of carbonyl (C=O) groups is 2. The van der Waals surface area contributed by atoms with E-state index in [1.807, 2.05) is 4.90 Å². The lowest BCUT2D eigenvalue weighted by molar-refractivity contribution is -0.122. The fraction of sp³-hybridized carbons (Fsp3) is 0.429. The van der Waals surface area contributed by atoms with Crippen LogP contribution in [0.1, 0.15) is 23.2 Å². The maximum atomic E-state index is 11.6. The van der Waals surface area contributed by atoms with Gasteiger partial charge in [0.15, 0.2) is 0 Å². The standard InChI is InChI=1S/C14H20N4O3/c15-13(19)11-5-3-7-18(11)8-9-21-12-6-2-1-4-10(12)14(20)17-16/h1-2,4,6,11H,3,5,7-9,16H2,(H2,15,19)(H,17,20). The van der Waals surface area contributed by atoms with Crippen LogP contribution in [0.25, 0.3) is 0 Å². The molecular weight excluding hydrogens is 272 g/mol. The van der Waals surface area contributed by atoms with Crippen molar-refractivity contribution in [3.8, 4) is 5.75 Å². The lowest BCUT2D eigenvalue weighted by Crippen LogP contribution is -2.42. The Balaban J connectivity index is 1.92. The number of rotatable bonds is 6. The molecule has 1 fully saturated rings. The van der Waals surface area contributed by atoms with Gasteiger partial charge in [0, 0.05) is 6.54 Å². The molecule has 0 saturated carbocycles. The Morgan fingerprint density at radius 1 is 1.38 bits per heavy atom. The van der Waals surface area contributed by atoms with E-state index in [9.17, 15) is 9.59 Å². The van der Waals surface area contributed by atoms with Gasteiger partial charge in [-0.1, -0.05) is 12.1 Å². The number of hydrogen-bond donors (Lipinski definition) is 3. The van der Waals surface area contributed by atoms with Crippen molar-refractivity contribution in [1.29, 1.82) is 0 Å². The lowest BCUT2D eigenvalue weighted by Gasteiger charge is -2.22. The van der Waals surface area contributed by atoms with Crippen LogP contribution in [-0.2, 0) is 4.79 Å². The first-order valence-corrected chi connectivity index (χ1v) is 6.89.